The summed E-state index contributed by atoms with van der Waals surface area (Å²) in [5.41, 5.74) is 3.71. The van der Waals surface area contributed by atoms with Crippen molar-refractivity contribution in [3.8, 4) is 0 Å². The number of imidazole rings is 1. The van der Waals surface area contributed by atoms with Crippen molar-refractivity contribution < 1.29 is 0 Å². The predicted molar refractivity (Wildman–Crippen MR) is 77.6 cm³/mol. The van der Waals surface area contributed by atoms with Crippen LogP contribution in [-0.2, 0) is 0 Å². The highest BCUT2D eigenvalue weighted by Crippen LogP contribution is 2.27. The fourth-order valence-electron chi connectivity index (χ4n) is 3.00. The Balaban J connectivity index is 2.14. The van der Waals surface area contributed by atoms with Gasteiger partial charge in [-0.25, -0.2) is 0 Å². The minimum Gasteiger partial charge on any atom is -0.330 e. The minimum atomic E-state index is 0.506. The third-order valence-corrected chi connectivity index (χ3v) is 4.22. The maximum Gasteiger partial charge on any atom is 0.178 e. The van der Waals surface area contributed by atoms with E-state index in [1.807, 2.05) is 0 Å². The van der Waals surface area contributed by atoms with E-state index in [2.05, 4.69) is 46.6 Å². The number of fused-ring (bicyclic) bond motifs is 1. The highest BCUT2D eigenvalue weighted by molar-refractivity contribution is 7.71. The van der Waals surface area contributed by atoms with Crippen molar-refractivity contribution in [2.24, 2.45) is 0 Å². The standard InChI is InChI=1S/C14H19N3S/c1-10-5-3-7-12-13(10)15-14(18)17(12)11-6-4-8-16(2)9-11/h3,5,7,11H,4,6,8-9H2,1-2H3,(H,15,18). The van der Waals surface area contributed by atoms with Crippen LogP contribution < -0.4 is 0 Å². The average molecular weight is 261 g/mol. The van der Waals surface area contributed by atoms with E-state index in [0.29, 0.717) is 6.04 Å². The number of piperidine rings is 1. The lowest BCUT2D eigenvalue weighted by atomic mass is 10.1. The van der Waals surface area contributed by atoms with Gasteiger partial charge < -0.3 is 14.5 Å². The van der Waals surface area contributed by atoms with Crippen LogP contribution in [0.5, 0.6) is 0 Å². The zero-order valence-corrected chi connectivity index (χ0v) is 11.8. The third-order valence-electron chi connectivity index (χ3n) is 3.93. The zero-order chi connectivity index (χ0) is 12.7. The fourth-order valence-corrected chi connectivity index (χ4v) is 3.35. The van der Waals surface area contributed by atoms with Crippen LogP contribution in [0, 0.1) is 11.7 Å². The molecule has 1 unspecified atom stereocenters. The van der Waals surface area contributed by atoms with E-state index in [4.69, 9.17) is 12.2 Å². The van der Waals surface area contributed by atoms with Gasteiger partial charge in [0.25, 0.3) is 0 Å². The van der Waals surface area contributed by atoms with Crippen molar-refractivity contribution in [1.82, 2.24) is 14.5 Å². The summed E-state index contributed by atoms with van der Waals surface area (Å²) >= 11 is 5.52. The number of likely N-dealkylation sites (N-methyl/N-ethyl adjacent to an activating group) is 1. The number of H-pyrrole nitrogens is 1. The number of aromatic nitrogens is 2. The maximum absolute atomic E-state index is 5.52. The Kier molecular flexibility index (Phi) is 2.99. The van der Waals surface area contributed by atoms with E-state index in [0.717, 1.165) is 11.3 Å². The molecule has 3 rings (SSSR count). The quantitative estimate of drug-likeness (QED) is 0.797. The van der Waals surface area contributed by atoms with Gasteiger partial charge in [-0.1, -0.05) is 12.1 Å². The Morgan fingerprint density at radius 1 is 1.39 bits per heavy atom. The van der Waals surface area contributed by atoms with Crippen molar-refractivity contribution in [2.45, 2.75) is 25.8 Å². The average Bonchev–Trinajstić information content (AvgIpc) is 2.67. The van der Waals surface area contributed by atoms with Gasteiger partial charge >= 0.3 is 0 Å². The number of rotatable bonds is 1. The molecule has 1 aliphatic heterocycles. The first-order chi connectivity index (χ1) is 8.66. The molecular formula is C14H19N3S. The molecule has 2 heterocycles. The summed E-state index contributed by atoms with van der Waals surface area (Å²) < 4.78 is 3.17. The molecule has 0 saturated carbocycles. The van der Waals surface area contributed by atoms with Gasteiger partial charge in [-0.3, -0.25) is 0 Å². The van der Waals surface area contributed by atoms with Gasteiger partial charge in [0.15, 0.2) is 4.77 Å². The second-order valence-electron chi connectivity index (χ2n) is 5.33. The number of nitrogens with zero attached hydrogens (tertiary/aromatic N) is 2. The lowest BCUT2D eigenvalue weighted by molar-refractivity contribution is 0.214. The Morgan fingerprint density at radius 2 is 2.22 bits per heavy atom. The monoisotopic (exact) mass is 261 g/mol. The van der Waals surface area contributed by atoms with E-state index in [1.165, 1.54) is 36.0 Å². The summed E-state index contributed by atoms with van der Waals surface area (Å²) in [4.78, 5) is 5.76. The summed E-state index contributed by atoms with van der Waals surface area (Å²) in [6.07, 6.45) is 2.47. The van der Waals surface area contributed by atoms with Gasteiger partial charge in [0.1, 0.15) is 0 Å². The molecule has 0 amide bonds. The first-order valence-corrected chi connectivity index (χ1v) is 6.96. The normalized spacial score (nSPS) is 21.6. The van der Waals surface area contributed by atoms with E-state index in [-0.39, 0.29) is 0 Å². The summed E-state index contributed by atoms with van der Waals surface area (Å²) in [6, 6.07) is 6.92. The van der Waals surface area contributed by atoms with Crippen molar-refractivity contribution in [2.75, 3.05) is 20.1 Å². The summed E-state index contributed by atoms with van der Waals surface area (Å²) in [5.74, 6) is 0. The number of aromatic amines is 1. The second-order valence-corrected chi connectivity index (χ2v) is 5.71. The van der Waals surface area contributed by atoms with Gasteiger partial charge in [0.05, 0.1) is 11.0 Å². The largest absolute Gasteiger partial charge is 0.330 e. The van der Waals surface area contributed by atoms with Crippen LogP contribution in [0.3, 0.4) is 0 Å². The molecule has 18 heavy (non-hydrogen) atoms. The molecule has 4 heteroatoms. The van der Waals surface area contributed by atoms with Crippen molar-refractivity contribution in [3.63, 3.8) is 0 Å². The van der Waals surface area contributed by atoms with Crippen molar-refractivity contribution in [1.29, 1.82) is 0 Å². The minimum absolute atomic E-state index is 0.506. The molecule has 1 N–H and O–H groups in total. The van der Waals surface area contributed by atoms with Gasteiger partial charge in [0, 0.05) is 12.6 Å². The molecule has 1 aliphatic rings. The highest BCUT2D eigenvalue weighted by atomic mass is 32.1. The molecule has 0 spiro atoms. The Labute approximate surface area is 112 Å². The van der Waals surface area contributed by atoms with Gasteiger partial charge in [-0.05, 0) is 57.2 Å². The van der Waals surface area contributed by atoms with Gasteiger partial charge in [-0.2, -0.15) is 0 Å². The summed E-state index contributed by atoms with van der Waals surface area (Å²) in [5, 5.41) is 0. The van der Waals surface area contributed by atoms with Crippen LogP contribution in [0.15, 0.2) is 18.2 Å². The first-order valence-electron chi connectivity index (χ1n) is 6.55. The molecule has 0 radical (unpaired) electrons. The first kappa shape index (κ1) is 11.9. The molecule has 1 aromatic heterocycles. The van der Waals surface area contributed by atoms with E-state index >= 15 is 0 Å². The van der Waals surface area contributed by atoms with Crippen LogP contribution >= 0.6 is 12.2 Å². The zero-order valence-electron chi connectivity index (χ0n) is 10.9. The maximum atomic E-state index is 5.52. The smallest absolute Gasteiger partial charge is 0.178 e. The number of para-hydroxylation sites is 1. The fraction of sp³-hybridized carbons (Fsp3) is 0.500. The van der Waals surface area contributed by atoms with Crippen molar-refractivity contribution >= 4 is 23.3 Å². The SMILES string of the molecule is Cc1cccc2c1[nH]c(=S)n2C1CCCN(C)C1. The van der Waals surface area contributed by atoms with Gasteiger partial charge in [-0.15, -0.1) is 0 Å². The molecule has 1 fully saturated rings. The Morgan fingerprint density at radius 3 is 3.00 bits per heavy atom. The molecule has 1 aromatic carbocycles. The lowest BCUT2D eigenvalue weighted by Crippen LogP contribution is -2.33. The Hall–Kier alpha value is -1.13. The van der Waals surface area contributed by atoms with Crippen molar-refractivity contribution in [3.05, 3.63) is 28.5 Å². The molecule has 1 saturated heterocycles. The molecule has 0 aliphatic carbocycles. The van der Waals surface area contributed by atoms with Crippen LogP contribution in [0.1, 0.15) is 24.4 Å². The van der Waals surface area contributed by atoms with Crippen LogP contribution in [0.4, 0.5) is 0 Å². The summed E-state index contributed by atoms with van der Waals surface area (Å²) in [6.45, 7) is 4.42. The number of hydrogen-bond acceptors (Lipinski definition) is 2. The van der Waals surface area contributed by atoms with E-state index in [9.17, 15) is 0 Å². The number of likely N-dealkylation sites (tertiary alicyclic amines) is 1. The molecule has 2 aromatic rings. The van der Waals surface area contributed by atoms with E-state index < -0.39 is 0 Å². The predicted octanol–water partition coefficient (Wildman–Crippen LogP) is 3.27. The Bertz CT molecular complexity index is 625. The number of aryl methyl sites for hydroxylation is 1. The molecular weight excluding hydrogens is 242 g/mol. The van der Waals surface area contributed by atoms with Gasteiger partial charge in [0.2, 0.25) is 0 Å². The topological polar surface area (TPSA) is 24.0 Å². The number of benzene rings is 1. The second kappa shape index (κ2) is 4.52. The van der Waals surface area contributed by atoms with Crippen LogP contribution in [0.2, 0.25) is 0 Å². The molecule has 1 atom stereocenters. The third kappa shape index (κ3) is 1.89. The highest BCUT2D eigenvalue weighted by Gasteiger charge is 2.21. The van der Waals surface area contributed by atoms with E-state index in [1.54, 1.807) is 0 Å². The number of hydrogen-bond donors (Lipinski definition) is 1. The molecule has 0 bridgehead atoms. The van der Waals surface area contributed by atoms with Crippen LogP contribution in [-0.4, -0.2) is 34.6 Å². The lowest BCUT2D eigenvalue weighted by Gasteiger charge is -2.30. The summed E-state index contributed by atoms with van der Waals surface area (Å²) in [7, 11) is 2.19. The molecule has 3 nitrogen and oxygen atoms in total. The molecule has 96 valence electrons. The van der Waals surface area contributed by atoms with Crippen LogP contribution in [0.25, 0.3) is 11.0 Å². The number of nitrogens with one attached hydrogen (secondary N) is 1.